The maximum Gasteiger partial charge on any atom is 0.197 e. The third-order valence-electron chi connectivity index (χ3n) is 3.41. The molecule has 1 aromatic rings. The van der Waals surface area contributed by atoms with Crippen molar-refractivity contribution in [1.82, 2.24) is 9.88 Å². The summed E-state index contributed by atoms with van der Waals surface area (Å²) in [7, 11) is 0. The molecule has 16 heavy (non-hydrogen) atoms. The van der Waals surface area contributed by atoms with Crippen LogP contribution in [0.15, 0.2) is 4.42 Å². The zero-order valence-electron chi connectivity index (χ0n) is 9.90. The first-order valence-electron chi connectivity index (χ1n) is 6.04. The van der Waals surface area contributed by atoms with Crippen LogP contribution < -0.4 is 0 Å². The lowest BCUT2D eigenvalue weighted by Gasteiger charge is -2.38. The number of rotatable bonds is 2. The summed E-state index contributed by atoms with van der Waals surface area (Å²) in [6, 6.07) is 0.598. The van der Waals surface area contributed by atoms with E-state index in [2.05, 4.69) is 23.7 Å². The minimum absolute atomic E-state index is 0.381. The van der Waals surface area contributed by atoms with Crippen LogP contribution in [-0.4, -0.2) is 35.7 Å². The molecule has 1 saturated heterocycles. The first-order valence-corrected chi connectivity index (χ1v) is 6.04. The van der Waals surface area contributed by atoms with Crippen molar-refractivity contribution < 1.29 is 9.15 Å². The highest BCUT2D eigenvalue weighted by molar-refractivity contribution is 5.15. The van der Waals surface area contributed by atoms with Gasteiger partial charge in [0.2, 0.25) is 0 Å². The summed E-state index contributed by atoms with van der Waals surface area (Å²) in [5, 5.41) is 0. The van der Waals surface area contributed by atoms with E-state index in [1.165, 1.54) is 5.69 Å². The topological polar surface area (TPSA) is 38.5 Å². The highest BCUT2D eigenvalue weighted by atomic mass is 16.5. The molecule has 0 unspecified atom stereocenters. The van der Waals surface area contributed by atoms with Crippen molar-refractivity contribution in [3.63, 3.8) is 0 Å². The Balaban J connectivity index is 1.77. The lowest BCUT2D eigenvalue weighted by Crippen LogP contribution is -2.50. The molecule has 88 valence electrons. The summed E-state index contributed by atoms with van der Waals surface area (Å²) >= 11 is 0. The molecule has 3 heterocycles. The van der Waals surface area contributed by atoms with Crippen LogP contribution in [-0.2, 0) is 17.7 Å². The van der Waals surface area contributed by atoms with E-state index in [-0.39, 0.29) is 0 Å². The molecule has 2 aliphatic rings. The molecule has 0 amide bonds. The lowest BCUT2D eigenvalue weighted by molar-refractivity contribution is -0.0715. The minimum Gasteiger partial charge on any atom is -0.444 e. The standard InChI is InChI=1S/C12H18N2O2/c1-8(2)12-13-10-3-4-14(5-11(10)16-12)9-6-15-7-9/h8-9H,3-7H2,1-2H3. The van der Waals surface area contributed by atoms with Crippen LogP contribution >= 0.6 is 0 Å². The minimum atomic E-state index is 0.381. The summed E-state index contributed by atoms with van der Waals surface area (Å²) in [6.45, 7) is 7.98. The van der Waals surface area contributed by atoms with Crippen LogP contribution in [0.1, 0.15) is 37.1 Å². The SMILES string of the molecule is CC(C)c1nc2c(o1)CN(C1COC1)CC2. The highest BCUT2D eigenvalue weighted by Gasteiger charge is 2.31. The molecular formula is C12H18N2O2. The van der Waals surface area contributed by atoms with E-state index in [9.17, 15) is 0 Å². The third-order valence-corrected chi connectivity index (χ3v) is 3.41. The second kappa shape index (κ2) is 3.86. The summed E-state index contributed by atoms with van der Waals surface area (Å²) in [5.41, 5.74) is 1.17. The fourth-order valence-corrected chi connectivity index (χ4v) is 2.23. The van der Waals surface area contributed by atoms with Gasteiger partial charge in [0.1, 0.15) is 5.76 Å². The Labute approximate surface area is 95.6 Å². The summed E-state index contributed by atoms with van der Waals surface area (Å²) in [5.74, 6) is 2.34. The van der Waals surface area contributed by atoms with Crippen molar-refractivity contribution in [1.29, 1.82) is 0 Å². The van der Waals surface area contributed by atoms with Crippen LogP contribution in [0, 0.1) is 0 Å². The largest absolute Gasteiger partial charge is 0.444 e. The summed E-state index contributed by atoms with van der Waals surface area (Å²) < 4.78 is 11.1. The maximum absolute atomic E-state index is 5.82. The normalized spacial score (nSPS) is 22.2. The van der Waals surface area contributed by atoms with E-state index < -0.39 is 0 Å². The number of hydrogen-bond acceptors (Lipinski definition) is 4. The second-order valence-corrected chi connectivity index (χ2v) is 4.99. The molecule has 4 heteroatoms. The molecule has 2 aliphatic heterocycles. The number of oxazole rings is 1. The summed E-state index contributed by atoms with van der Waals surface area (Å²) in [6.07, 6.45) is 1.02. The molecule has 0 saturated carbocycles. The van der Waals surface area contributed by atoms with Crippen LogP contribution in [0.2, 0.25) is 0 Å². The van der Waals surface area contributed by atoms with Crippen LogP contribution in [0.3, 0.4) is 0 Å². The molecule has 1 fully saturated rings. The van der Waals surface area contributed by atoms with E-state index in [1.54, 1.807) is 0 Å². The van der Waals surface area contributed by atoms with Crippen LogP contribution in [0.5, 0.6) is 0 Å². The van der Waals surface area contributed by atoms with E-state index in [0.29, 0.717) is 12.0 Å². The molecule has 0 aromatic carbocycles. The Morgan fingerprint density at radius 3 is 2.81 bits per heavy atom. The maximum atomic E-state index is 5.82. The van der Waals surface area contributed by atoms with Crippen LogP contribution in [0.4, 0.5) is 0 Å². The van der Waals surface area contributed by atoms with Gasteiger partial charge in [0.05, 0.1) is 31.5 Å². The molecule has 0 spiro atoms. The molecule has 0 bridgehead atoms. The average molecular weight is 222 g/mol. The Bertz CT molecular complexity index is 382. The van der Waals surface area contributed by atoms with Crippen molar-refractivity contribution >= 4 is 0 Å². The van der Waals surface area contributed by atoms with Gasteiger partial charge in [-0.25, -0.2) is 4.98 Å². The van der Waals surface area contributed by atoms with Gasteiger partial charge in [0.15, 0.2) is 5.89 Å². The van der Waals surface area contributed by atoms with Gasteiger partial charge in [-0.1, -0.05) is 13.8 Å². The van der Waals surface area contributed by atoms with E-state index in [1.807, 2.05) is 0 Å². The molecule has 0 aliphatic carbocycles. The zero-order chi connectivity index (χ0) is 11.1. The van der Waals surface area contributed by atoms with Gasteiger partial charge < -0.3 is 9.15 Å². The number of ether oxygens (including phenoxy) is 1. The van der Waals surface area contributed by atoms with Crippen molar-refractivity contribution in [3.8, 4) is 0 Å². The van der Waals surface area contributed by atoms with Crippen molar-refractivity contribution in [3.05, 3.63) is 17.3 Å². The summed E-state index contributed by atoms with van der Waals surface area (Å²) in [4.78, 5) is 7.01. The van der Waals surface area contributed by atoms with Crippen molar-refractivity contribution in [2.75, 3.05) is 19.8 Å². The van der Waals surface area contributed by atoms with Gasteiger partial charge in [-0.05, 0) is 0 Å². The smallest absolute Gasteiger partial charge is 0.197 e. The molecule has 1 aromatic heterocycles. The Kier molecular flexibility index (Phi) is 2.48. The first-order chi connectivity index (χ1) is 7.74. The first kappa shape index (κ1) is 10.3. The molecule has 4 nitrogen and oxygen atoms in total. The highest BCUT2D eigenvalue weighted by Crippen LogP contribution is 2.26. The van der Waals surface area contributed by atoms with E-state index in [4.69, 9.17) is 9.15 Å². The molecular weight excluding hydrogens is 204 g/mol. The van der Waals surface area contributed by atoms with Crippen molar-refractivity contribution in [2.24, 2.45) is 0 Å². The second-order valence-electron chi connectivity index (χ2n) is 4.99. The molecule has 0 radical (unpaired) electrons. The fourth-order valence-electron chi connectivity index (χ4n) is 2.23. The Morgan fingerprint density at radius 2 is 2.19 bits per heavy atom. The fraction of sp³-hybridized carbons (Fsp3) is 0.750. The van der Waals surface area contributed by atoms with Gasteiger partial charge in [-0.15, -0.1) is 0 Å². The Morgan fingerprint density at radius 1 is 1.38 bits per heavy atom. The number of fused-ring (bicyclic) bond motifs is 1. The molecule has 3 rings (SSSR count). The van der Waals surface area contributed by atoms with E-state index >= 15 is 0 Å². The van der Waals surface area contributed by atoms with Gasteiger partial charge in [0, 0.05) is 18.9 Å². The number of hydrogen-bond donors (Lipinski definition) is 0. The number of aromatic nitrogens is 1. The van der Waals surface area contributed by atoms with Gasteiger partial charge in [-0.3, -0.25) is 4.90 Å². The average Bonchev–Trinajstić information content (AvgIpc) is 2.57. The predicted molar refractivity (Wildman–Crippen MR) is 59.3 cm³/mol. The van der Waals surface area contributed by atoms with Crippen LogP contribution in [0.25, 0.3) is 0 Å². The van der Waals surface area contributed by atoms with E-state index in [0.717, 1.165) is 44.4 Å². The number of nitrogens with zero attached hydrogens (tertiary/aromatic N) is 2. The molecule has 0 atom stereocenters. The molecule has 0 N–H and O–H groups in total. The Hall–Kier alpha value is -0.870. The monoisotopic (exact) mass is 222 g/mol. The predicted octanol–water partition coefficient (Wildman–Crippen LogP) is 1.55. The van der Waals surface area contributed by atoms with Gasteiger partial charge >= 0.3 is 0 Å². The van der Waals surface area contributed by atoms with Gasteiger partial charge in [0.25, 0.3) is 0 Å². The lowest BCUT2D eigenvalue weighted by atomic mass is 10.1. The van der Waals surface area contributed by atoms with Gasteiger partial charge in [-0.2, -0.15) is 0 Å². The van der Waals surface area contributed by atoms with Crippen molar-refractivity contribution in [2.45, 2.75) is 38.8 Å². The quantitative estimate of drug-likeness (QED) is 0.761. The third kappa shape index (κ3) is 1.66. The zero-order valence-corrected chi connectivity index (χ0v) is 9.90.